The van der Waals surface area contributed by atoms with Crippen LogP contribution >= 0.6 is 11.6 Å². The van der Waals surface area contributed by atoms with Crippen molar-refractivity contribution in [2.24, 2.45) is 0 Å². The number of rotatable bonds is 6. The van der Waals surface area contributed by atoms with Gasteiger partial charge in [0.05, 0.1) is 39.6 Å². The Labute approximate surface area is 202 Å². The normalized spacial score (nSPS) is 15.0. The fraction of sp³-hybridized carbons (Fsp3) is 0.269. The Morgan fingerprint density at radius 2 is 1.68 bits per heavy atom. The Morgan fingerprint density at radius 3 is 2.32 bits per heavy atom. The van der Waals surface area contributed by atoms with E-state index in [0.29, 0.717) is 40.9 Å². The van der Waals surface area contributed by atoms with E-state index in [1.807, 2.05) is 30.3 Å². The van der Waals surface area contributed by atoms with E-state index in [4.69, 9.17) is 30.5 Å². The average molecular weight is 481 g/mol. The summed E-state index contributed by atoms with van der Waals surface area (Å²) in [7, 11) is 6.30. The predicted octanol–water partition coefficient (Wildman–Crippen LogP) is 5.34. The molecule has 1 aliphatic rings. The number of hydrogen-bond donors (Lipinski definition) is 1. The molecular formula is C26H25ClN2O5. The Balaban J connectivity index is 1.65. The van der Waals surface area contributed by atoms with E-state index in [0.717, 1.165) is 33.2 Å². The lowest BCUT2D eigenvalue weighted by molar-refractivity contribution is 0.0984. The van der Waals surface area contributed by atoms with Gasteiger partial charge >= 0.3 is 0 Å². The molecule has 1 N–H and O–H groups in total. The van der Waals surface area contributed by atoms with Gasteiger partial charge in [0.15, 0.2) is 11.5 Å². The van der Waals surface area contributed by atoms with Crippen molar-refractivity contribution in [2.75, 3.05) is 45.8 Å². The summed E-state index contributed by atoms with van der Waals surface area (Å²) in [6.45, 7) is 0.480. The molecule has 3 aromatic carbocycles. The molecule has 0 saturated carbocycles. The van der Waals surface area contributed by atoms with E-state index in [2.05, 4.69) is 11.1 Å². The molecule has 1 aromatic heterocycles. The first kappa shape index (κ1) is 22.2. The maximum absolute atomic E-state index is 13.8. The number of halogens is 1. The second-order valence-electron chi connectivity index (χ2n) is 8.12. The standard InChI is InChI=1S/C26H25ClN2O5/c1-31-20-11-19-22(17-8-6-5-7-16(17)20)15(12-27)13-29(19)26(30)18-9-14-10-21(32-2)24(33-3)25(34-4)23(14)28-18/h5-11,15,28H,12-13H2,1-4H3/t15-/m0/s1. The zero-order chi connectivity index (χ0) is 24.0. The van der Waals surface area contributed by atoms with Crippen LogP contribution in [0.1, 0.15) is 22.0 Å². The Morgan fingerprint density at radius 1 is 0.971 bits per heavy atom. The number of aromatic nitrogens is 1. The molecule has 0 fully saturated rings. The molecule has 7 nitrogen and oxygen atoms in total. The fourth-order valence-electron chi connectivity index (χ4n) is 4.90. The number of methoxy groups -OCH3 is 4. The number of fused-ring (bicyclic) bond motifs is 4. The van der Waals surface area contributed by atoms with Gasteiger partial charge < -0.3 is 28.8 Å². The molecule has 2 heterocycles. The van der Waals surface area contributed by atoms with E-state index in [1.165, 1.54) is 0 Å². The quantitative estimate of drug-likeness (QED) is 0.377. The van der Waals surface area contributed by atoms with Gasteiger partial charge in [0, 0.05) is 35.2 Å². The number of anilines is 1. The number of benzene rings is 3. The van der Waals surface area contributed by atoms with Crippen LogP contribution < -0.4 is 23.8 Å². The fourth-order valence-corrected chi connectivity index (χ4v) is 5.16. The van der Waals surface area contributed by atoms with Crippen molar-refractivity contribution < 1.29 is 23.7 Å². The van der Waals surface area contributed by atoms with Gasteiger partial charge in [-0.1, -0.05) is 24.3 Å². The van der Waals surface area contributed by atoms with E-state index in [1.54, 1.807) is 39.4 Å². The van der Waals surface area contributed by atoms with E-state index in [-0.39, 0.29) is 11.8 Å². The van der Waals surface area contributed by atoms with E-state index >= 15 is 0 Å². The summed E-state index contributed by atoms with van der Waals surface area (Å²) in [5.41, 5.74) is 2.97. The minimum absolute atomic E-state index is 0.00975. The second-order valence-corrected chi connectivity index (χ2v) is 8.43. The highest BCUT2D eigenvalue weighted by Gasteiger charge is 2.35. The number of amides is 1. The van der Waals surface area contributed by atoms with E-state index < -0.39 is 0 Å². The molecule has 1 aliphatic heterocycles. The number of H-pyrrole nitrogens is 1. The number of nitrogens with zero attached hydrogens (tertiary/aromatic N) is 1. The van der Waals surface area contributed by atoms with Crippen LogP contribution in [-0.4, -0.2) is 51.8 Å². The number of alkyl halides is 1. The van der Waals surface area contributed by atoms with Gasteiger partial charge in [-0.3, -0.25) is 4.79 Å². The third-order valence-corrected chi connectivity index (χ3v) is 6.80. The summed E-state index contributed by atoms with van der Waals surface area (Å²) in [5, 5.41) is 2.83. The molecule has 5 rings (SSSR count). The molecule has 0 unspecified atom stereocenters. The molecule has 0 spiro atoms. The van der Waals surface area contributed by atoms with Gasteiger partial charge in [-0.25, -0.2) is 0 Å². The summed E-state index contributed by atoms with van der Waals surface area (Å²) in [5.74, 6) is 2.43. The van der Waals surface area contributed by atoms with Crippen LogP contribution in [0.4, 0.5) is 5.69 Å². The van der Waals surface area contributed by atoms with Crippen LogP contribution in [0, 0.1) is 0 Å². The minimum Gasteiger partial charge on any atom is -0.496 e. The molecule has 0 bridgehead atoms. The second kappa shape index (κ2) is 8.65. The summed E-state index contributed by atoms with van der Waals surface area (Å²) >= 11 is 6.37. The van der Waals surface area contributed by atoms with Gasteiger partial charge in [0.1, 0.15) is 11.4 Å². The lowest BCUT2D eigenvalue weighted by Gasteiger charge is -2.18. The van der Waals surface area contributed by atoms with Crippen molar-refractivity contribution in [1.29, 1.82) is 0 Å². The van der Waals surface area contributed by atoms with Crippen LogP contribution in [0.25, 0.3) is 21.7 Å². The Kier molecular flexibility index (Phi) is 5.65. The molecule has 4 aromatic rings. The number of hydrogen-bond acceptors (Lipinski definition) is 5. The molecular weight excluding hydrogens is 456 g/mol. The number of nitrogens with one attached hydrogen (secondary N) is 1. The van der Waals surface area contributed by atoms with Crippen molar-refractivity contribution in [3.63, 3.8) is 0 Å². The van der Waals surface area contributed by atoms with Crippen molar-refractivity contribution in [1.82, 2.24) is 4.98 Å². The summed E-state index contributed by atoms with van der Waals surface area (Å²) < 4.78 is 22.2. The molecule has 0 aliphatic carbocycles. The SMILES string of the molecule is COc1cc2cc(C(=O)N3C[C@H](CCl)c4c3cc(OC)c3ccccc43)[nH]c2c(OC)c1OC. The van der Waals surface area contributed by atoms with Gasteiger partial charge in [-0.2, -0.15) is 0 Å². The number of aromatic amines is 1. The lowest BCUT2D eigenvalue weighted by atomic mass is 9.95. The third kappa shape index (κ3) is 3.22. The number of carbonyl (C=O) groups is 1. The first-order valence-electron chi connectivity index (χ1n) is 10.8. The van der Waals surface area contributed by atoms with Gasteiger partial charge in [-0.05, 0) is 23.1 Å². The molecule has 1 amide bonds. The maximum atomic E-state index is 13.8. The molecule has 0 saturated heterocycles. The summed E-state index contributed by atoms with van der Waals surface area (Å²) in [4.78, 5) is 18.8. The minimum atomic E-state index is -0.164. The number of carbonyl (C=O) groups excluding carboxylic acids is 1. The van der Waals surface area contributed by atoms with E-state index in [9.17, 15) is 4.79 Å². The first-order valence-corrected chi connectivity index (χ1v) is 11.4. The smallest absolute Gasteiger partial charge is 0.274 e. The predicted molar refractivity (Wildman–Crippen MR) is 134 cm³/mol. The Hall–Kier alpha value is -3.58. The highest BCUT2D eigenvalue weighted by molar-refractivity contribution is 6.19. The van der Waals surface area contributed by atoms with Crippen molar-refractivity contribution in [2.45, 2.75) is 5.92 Å². The summed E-state index contributed by atoms with van der Waals surface area (Å²) in [6, 6.07) is 13.6. The maximum Gasteiger partial charge on any atom is 0.274 e. The summed E-state index contributed by atoms with van der Waals surface area (Å²) in [6.07, 6.45) is 0. The highest BCUT2D eigenvalue weighted by Crippen LogP contribution is 2.47. The van der Waals surface area contributed by atoms with Crippen LogP contribution in [0.3, 0.4) is 0 Å². The van der Waals surface area contributed by atoms with Gasteiger partial charge in [0.2, 0.25) is 5.75 Å². The molecule has 34 heavy (non-hydrogen) atoms. The largest absolute Gasteiger partial charge is 0.496 e. The van der Waals surface area contributed by atoms with Crippen LogP contribution in [0.5, 0.6) is 23.0 Å². The topological polar surface area (TPSA) is 73.0 Å². The molecule has 0 radical (unpaired) electrons. The number of ether oxygens (including phenoxy) is 4. The Bertz CT molecular complexity index is 1410. The van der Waals surface area contributed by atoms with Crippen LogP contribution in [0.2, 0.25) is 0 Å². The average Bonchev–Trinajstić information content (AvgIpc) is 3.47. The van der Waals surface area contributed by atoms with Crippen LogP contribution in [0.15, 0.2) is 42.5 Å². The van der Waals surface area contributed by atoms with Gasteiger partial charge in [-0.15, -0.1) is 11.6 Å². The van der Waals surface area contributed by atoms with Crippen molar-refractivity contribution >= 4 is 44.9 Å². The molecule has 1 atom stereocenters. The third-order valence-electron chi connectivity index (χ3n) is 6.43. The van der Waals surface area contributed by atoms with Crippen molar-refractivity contribution in [3.05, 3.63) is 53.7 Å². The monoisotopic (exact) mass is 480 g/mol. The lowest BCUT2D eigenvalue weighted by Crippen LogP contribution is -2.30. The zero-order valence-electron chi connectivity index (χ0n) is 19.4. The zero-order valence-corrected chi connectivity index (χ0v) is 20.2. The molecule has 8 heteroatoms. The first-order chi connectivity index (χ1) is 16.6. The van der Waals surface area contributed by atoms with Crippen LogP contribution in [-0.2, 0) is 0 Å². The van der Waals surface area contributed by atoms with Gasteiger partial charge in [0.25, 0.3) is 5.91 Å². The highest BCUT2D eigenvalue weighted by atomic mass is 35.5. The van der Waals surface area contributed by atoms with Crippen molar-refractivity contribution in [3.8, 4) is 23.0 Å². The molecule has 176 valence electrons.